The first-order chi connectivity index (χ1) is 17.7. The molecule has 3 aromatic rings. The lowest BCUT2D eigenvalue weighted by atomic mass is 10.1. The van der Waals surface area contributed by atoms with Crippen LogP contribution < -0.4 is 4.90 Å². The minimum absolute atomic E-state index is 0.0809. The fraction of sp³-hybridized carbons (Fsp3) is 0.414. The van der Waals surface area contributed by atoms with Crippen molar-refractivity contribution in [3.8, 4) is 28.6 Å². The SMILES string of the molecule is N#CCCCN1CCN(C(=O)c2ccc(-c3cc(-c4ccc(N5CCCCC5)cc4)n[nH]3)cc2)CC1. The average Bonchev–Trinajstić information content (AvgIpc) is 3.44. The molecule has 5 rings (SSSR count). The number of nitrogens with one attached hydrogen (secondary N) is 1. The van der Waals surface area contributed by atoms with Crippen LogP contribution in [0.1, 0.15) is 42.5 Å². The minimum Gasteiger partial charge on any atom is -0.372 e. The molecule has 0 unspecified atom stereocenters. The van der Waals surface area contributed by atoms with E-state index in [2.05, 4.69) is 56.4 Å². The molecule has 2 aliphatic rings. The maximum absolute atomic E-state index is 13.0. The van der Waals surface area contributed by atoms with Crippen molar-refractivity contribution in [2.75, 3.05) is 50.7 Å². The Morgan fingerprint density at radius 2 is 1.58 bits per heavy atom. The number of carbonyl (C=O) groups is 1. The summed E-state index contributed by atoms with van der Waals surface area (Å²) >= 11 is 0. The number of aromatic amines is 1. The first kappa shape index (κ1) is 24.1. The van der Waals surface area contributed by atoms with E-state index in [1.54, 1.807) is 0 Å². The van der Waals surface area contributed by atoms with E-state index >= 15 is 0 Å². The highest BCUT2D eigenvalue weighted by Crippen LogP contribution is 2.27. The van der Waals surface area contributed by atoms with Gasteiger partial charge in [-0.05, 0) is 68.1 Å². The Morgan fingerprint density at radius 1 is 0.889 bits per heavy atom. The molecule has 0 bridgehead atoms. The summed E-state index contributed by atoms with van der Waals surface area (Å²) in [7, 11) is 0. The molecule has 7 heteroatoms. The second kappa shape index (κ2) is 11.4. The molecular formula is C29H34N6O. The Kier molecular flexibility index (Phi) is 7.63. The Hall–Kier alpha value is -3.63. The van der Waals surface area contributed by atoms with Crippen molar-refractivity contribution in [3.05, 3.63) is 60.2 Å². The van der Waals surface area contributed by atoms with E-state index in [1.807, 2.05) is 29.2 Å². The predicted molar refractivity (Wildman–Crippen MR) is 143 cm³/mol. The Morgan fingerprint density at radius 3 is 2.28 bits per heavy atom. The number of amides is 1. The number of piperazine rings is 1. The van der Waals surface area contributed by atoms with Crippen LogP contribution in [0.25, 0.3) is 22.5 Å². The van der Waals surface area contributed by atoms with Crippen LogP contribution in [0.3, 0.4) is 0 Å². The van der Waals surface area contributed by atoms with Crippen molar-refractivity contribution in [2.45, 2.75) is 32.1 Å². The first-order valence-electron chi connectivity index (χ1n) is 13.1. The normalized spacial score (nSPS) is 16.6. The topological polar surface area (TPSA) is 79.3 Å². The Balaban J connectivity index is 1.18. The summed E-state index contributed by atoms with van der Waals surface area (Å²) in [6.45, 7) is 6.41. The minimum atomic E-state index is 0.0809. The van der Waals surface area contributed by atoms with Gasteiger partial charge in [-0.25, -0.2) is 0 Å². The highest BCUT2D eigenvalue weighted by atomic mass is 16.2. The molecule has 1 amide bonds. The molecule has 36 heavy (non-hydrogen) atoms. The second-order valence-electron chi connectivity index (χ2n) is 9.73. The van der Waals surface area contributed by atoms with Crippen molar-refractivity contribution in [1.29, 1.82) is 5.26 Å². The maximum Gasteiger partial charge on any atom is 0.253 e. The van der Waals surface area contributed by atoms with Gasteiger partial charge in [0.25, 0.3) is 5.91 Å². The van der Waals surface area contributed by atoms with Gasteiger partial charge < -0.3 is 9.80 Å². The van der Waals surface area contributed by atoms with E-state index in [1.165, 1.54) is 24.9 Å². The molecule has 2 aliphatic heterocycles. The molecule has 1 N–H and O–H groups in total. The summed E-state index contributed by atoms with van der Waals surface area (Å²) in [4.78, 5) is 19.7. The third-order valence-electron chi connectivity index (χ3n) is 7.33. The van der Waals surface area contributed by atoms with Crippen LogP contribution in [0.4, 0.5) is 5.69 Å². The van der Waals surface area contributed by atoms with Crippen LogP contribution in [-0.4, -0.2) is 71.7 Å². The molecule has 0 aliphatic carbocycles. The van der Waals surface area contributed by atoms with Crippen LogP contribution in [0.2, 0.25) is 0 Å². The summed E-state index contributed by atoms with van der Waals surface area (Å²) < 4.78 is 0. The lowest BCUT2D eigenvalue weighted by Gasteiger charge is -2.34. The molecule has 0 spiro atoms. The monoisotopic (exact) mass is 482 g/mol. The van der Waals surface area contributed by atoms with Crippen molar-refractivity contribution < 1.29 is 4.79 Å². The van der Waals surface area contributed by atoms with E-state index in [9.17, 15) is 4.79 Å². The summed E-state index contributed by atoms with van der Waals surface area (Å²) in [5.41, 5.74) is 5.96. The van der Waals surface area contributed by atoms with E-state index in [-0.39, 0.29) is 5.91 Å². The number of piperidine rings is 1. The third kappa shape index (κ3) is 5.60. The van der Waals surface area contributed by atoms with Gasteiger partial charge in [0, 0.05) is 62.5 Å². The van der Waals surface area contributed by atoms with Crippen molar-refractivity contribution in [2.24, 2.45) is 0 Å². The quantitative estimate of drug-likeness (QED) is 0.490. The zero-order chi connectivity index (χ0) is 24.7. The summed E-state index contributed by atoms with van der Waals surface area (Å²) in [6, 6.07) is 20.7. The molecule has 0 radical (unpaired) electrons. The second-order valence-corrected chi connectivity index (χ2v) is 9.73. The lowest BCUT2D eigenvalue weighted by Crippen LogP contribution is -2.48. The number of nitriles is 1. The fourth-order valence-electron chi connectivity index (χ4n) is 5.14. The number of carbonyl (C=O) groups excluding carboxylic acids is 1. The zero-order valence-corrected chi connectivity index (χ0v) is 20.8. The summed E-state index contributed by atoms with van der Waals surface area (Å²) in [6.07, 6.45) is 5.37. The largest absolute Gasteiger partial charge is 0.372 e. The molecule has 2 saturated heterocycles. The smallest absolute Gasteiger partial charge is 0.253 e. The standard InChI is InChI=1S/C29H34N6O/c30-14-2-5-15-33-18-20-35(21-19-33)29(36)25-8-6-23(7-9-25)27-22-28(32-31-27)24-10-12-26(13-11-24)34-16-3-1-4-17-34/h6-13,22H,1-5,15-21H2,(H,31,32). The van der Waals surface area contributed by atoms with Gasteiger partial charge in [-0.3, -0.25) is 14.8 Å². The van der Waals surface area contributed by atoms with E-state index in [4.69, 9.17) is 5.26 Å². The van der Waals surface area contributed by atoms with E-state index < -0.39 is 0 Å². The van der Waals surface area contributed by atoms with Gasteiger partial charge in [-0.2, -0.15) is 10.4 Å². The number of nitrogens with zero attached hydrogens (tertiary/aromatic N) is 5. The van der Waals surface area contributed by atoms with Gasteiger partial charge in [-0.1, -0.05) is 24.3 Å². The fourth-order valence-corrected chi connectivity index (χ4v) is 5.14. The lowest BCUT2D eigenvalue weighted by molar-refractivity contribution is 0.0636. The number of hydrogen-bond acceptors (Lipinski definition) is 5. The van der Waals surface area contributed by atoms with E-state index in [0.717, 1.165) is 74.7 Å². The number of aromatic nitrogens is 2. The first-order valence-corrected chi connectivity index (χ1v) is 13.1. The van der Waals surface area contributed by atoms with Gasteiger partial charge >= 0.3 is 0 Å². The van der Waals surface area contributed by atoms with Crippen molar-refractivity contribution in [3.63, 3.8) is 0 Å². The van der Waals surface area contributed by atoms with E-state index in [0.29, 0.717) is 12.0 Å². The highest BCUT2D eigenvalue weighted by Gasteiger charge is 2.22. The summed E-state index contributed by atoms with van der Waals surface area (Å²) in [5, 5.41) is 16.4. The maximum atomic E-state index is 13.0. The van der Waals surface area contributed by atoms with Crippen LogP contribution >= 0.6 is 0 Å². The highest BCUT2D eigenvalue weighted by molar-refractivity contribution is 5.94. The molecule has 7 nitrogen and oxygen atoms in total. The van der Waals surface area contributed by atoms with Crippen molar-refractivity contribution >= 4 is 11.6 Å². The zero-order valence-electron chi connectivity index (χ0n) is 20.8. The van der Waals surface area contributed by atoms with Crippen LogP contribution in [-0.2, 0) is 0 Å². The number of anilines is 1. The van der Waals surface area contributed by atoms with Gasteiger partial charge in [0.1, 0.15) is 0 Å². The van der Waals surface area contributed by atoms with Crippen molar-refractivity contribution in [1.82, 2.24) is 20.0 Å². The molecule has 0 saturated carbocycles. The van der Waals surface area contributed by atoms with Gasteiger partial charge in [0.2, 0.25) is 0 Å². The van der Waals surface area contributed by atoms with Gasteiger partial charge in [-0.15, -0.1) is 0 Å². The molecule has 1 aromatic heterocycles. The van der Waals surface area contributed by atoms with Crippen LogP contribution in [0, 0.1) is 11.3 Å². The van der Waals surface area contributed by atoms with Gasteiger partial charge in [0.15, 0.2) is 0 Å². The number of rotatable bonds is 7. The summed E-state index contributed by atoms with van der Waals surface area (Å²) in [5.74, 6) is 0.0809. The van der Waals surface area contributed by atoms with Gasteiger partial charge in [0.05, 0.1) is 17.5 Å². The van der Waals surface area contributed by atoms with Crippen LogP contribution in [0.5, 0.6) is 0 Å². The molecular weight excluding hydrogens is 448 g/mol. The molecule has 2 fully saturated rings. The number of unbranched alkanes of at least 4 members (excludes halogenated alkanes) is 1. The average molecular weight is 483 g/mol. The number of benzene rings is 2. The molecule has 3 heterocycles. The molecule has 2 aromatic carbocycles. The van der Waals surface area contributed by atoms with Crippen LogP contribution in [0.15, 0.2) is 54.6 Å². The number of hydrogen-bond donors (Lipinski definition) is 1. The Bertz CT molecular complexity index is 1180. The molecule has 0 atom stereocenters. The third-order valence-corrected chi connectivity index (χ3v) is 7.33. The Labute approximate surface area is 213 Å². The number of H-pyrrole nitrogens is 1. The predicted octanol–water partition coefficient (Wildman–Crippen LogP) is 4.80. The molecule has 186 valence electrons.